The Kier molecular flexibility index (Phi) is 3.38. The summed E-state index contributed by atoms with van der Waals surface area (Å²) in [5.41, 5.74) is 2.17. The Bertz CT molecular complexity index is 717. The molecule has 0 radical (unpaired) electrons. The molecule has 19 heavy (non-hydrogen) atoms. The molecule has 2 aromatic rings. The maximum atomic E-state index is 12.3. The molecule has 5 heteroatoms. The minimum atomic E-state index is -0.508. The molecule has 2 heterocycles. The normalized spacial score (nSPS) is 10.7. The molecule has 0 aliphatic heterocycles. The van der Waals surface area contributed by atoms with Crippen LogP contribution in [0.15, 0.2) is 17.1 Å². The second-order valence-electron chi connectivity index (χ2n) is 4.40. The van der Waals surface area contributed by atoms with E-state index >= 15 is 0 Å². The predicted octanol–water partition coefficient (Wildman–Crippen LogP) is 2.33. The van der Waals surface area contributed by atoms with E-state index in [0.717, 1.165) is 5.56 Å². The van der Waals surface area contributed by atoms with E-state index in [1.807, 2.05) is 6.92 Å². The van der Waals surface area contributed by atoms with Gasteiger partial charge in [0.05, 0.1) is 12.0 Å². The van der Waals surface area contributed by atoms with Crippen molar-refractivity contribution in [3.63, 3.8) is 0 Å². The van der Waals surface area contributed by atoms with Crippen molar-refractivity contribution in [2.45, 2.75) is 27.7 Å². The summed E-state index contributed by atoms with van der Waals surface area (Å²) in [5.74, 6) is 0. The molecule has 0 aliphatic carbocycles. The molecule has 100 valence electrons. The van der Waals surface area contributed by atoms with Gasteiger partial charge < -0.3 is 4.74 Å². The maximum absolute atomic E-state index is 12.3. The van der Waals surface area contributed by atoms with E-state index in [2.05, 4.69) is 4.98 Å². The fourth-order valence-electron chi connectivity index (χ4n) is 2.08. The summed E-state index contributed by atoms with van der Waals surface area (Å²) in [7, 11) is 0. The molecule has 0 aromatic carbocycles. The summed E-state index contributed by atoms with van der Waals surface area (Å²) in [6.07, 6.45) is 1.08. The van der Waals surface area contributed by atoms with E-state index in [4.69, 9.17) is 4.74 Å². The summed E-state index contributed by atoms with van der Waals surface area (Å²) < 4.78 is 6.40. The van der Waals surface area contributed by atoms with Crippen LogP contribution in [0.4, 0.5) is 4.79 Å². The Morgan fingerprint density at radius 2 is 2.05 bits per heavy atom. The topological polar surface area (TPSA) is 61.2 Å². The lowest BCUT2D eigenvalue weighted by Crippen LogP contribution is -2.24. The van der Waals surface area contributed by atoms with E-state index in [9.17, 15) is 9.59 Å². The maximum Gasteiger partial charge on any atom is 0.419 e. The lowest BCUT2D eigenvalue weighted by atomic mass is 10.1. The molecule has 0 unspecified atom stereocenters. The van der Waals surface area contributed by atoms with Crippen LogP contribution >= 0.6 is 0 Å². The molecular weight excluding hydrogens is 244 g/mol. The van der Waals surface area contributed by atoms with Gasteiger partial charge in [-0.15, -0.1) is 0 Å². The van der Waals surface area contributed by atoms with Gasteiger partial charge in [0.2, 0.25) is 0 Å². The number of hydrogen-bond donors (Lipinski definition) is 0. The predicted molar refractivity (Wildman–Crippen MR) is 72.6 cm³/mol. The third-order valence-corrected chi connectivity index (χ3v) is 3.25. The zero-order valence-electron chi connectivity index (χ0n) is 11.5. The van der Waals surface area contributed by atoms with Gasteiger partial charge in [0.15, 0.2) is 11.1 Å². The first-order valence-electron chi connectivity index (χ1n) is 6.13. The average Bonchev–Trinajstić information content (AvgIpc) is 2.36. The summed E-state index contributed by atoms with van der Waals surface area (Å²) in [6.45, 7) is 7.27. The number of carbonyl (C=O) groups is 1. The Balaban J connectivity index is 2.94. The number of rotatable bonds is 1. The second-order valence-corrected chi connectivity index (χ2v) is 4.40. The zero-order valence-corrected chi connectivity index (χ0v) is 11.5. The van der Waals surface area contributed by atoms with Crippen LogP contribution in [0.2, 0.25) is 0 Å². The summed E-state index contributed by atoms with van der Waals surface area (Å²) in [5, 5.41) is 0.471. The molecule has 0 bridgehead atoms. The minimum Gasteiger partial charge on any atom is -0.449 e. The van der Waals surface area contributed by atoms with Crippen LogP contribution in [0.1, 0.15) is 23.7 Å². The number of nitrogens with zero attached hydrogens (tertiary/aromatic N) is 2. The van der Waals surface area contributed by atoms with Crippen LogP contribution in [0.5, 0.6) is 0 Å². The molecule has 0 atom stereocenters. The van der Waals surface area contributed by atoms with E-state index in [1.54, 1.807) is 33.0 Å². The number of aryl methyl sites for hydroxylation is 1. The van der Waals surface area contributed by atoms with Crippen molar-refractivity contribution >= 4 is 17.1 Å². The highest BCUT2D eigenvalue weighted by Crippen LogP contribution is 2.17. The Morgan fingerprint density at radius 1 is 1.37 bits per heavy atom. The number of aromatic nitrogens is 2. The highest BCUT2D eigenvalue weighted by molar-refractivity contribution is 5.88. The number of pyridine rings is 2. The lowest BCUT2D eigenvalue weighted by molar-refractivity contribution is 0.154. The van der Waals surface area contributed by atoms with E-state index in [-0.39, 0.29) is 12.0 Å². The van der Waals surface area contributed by atoms with Crippen molar-refractivity contribution in [1.82, 2.24) is 9.55 Å². The minimum absolute atomic E-state index is 0.0846. The number of ether oxygens (including phenoxy) is 1. The highest BCUT2D eigenvalue weighted by Gasteiger charge is 2.18. The van der Waals surface area contributed by atoms with Crippen molar-refractivity contribution in [3.05, 3.63) is 39.3 Å². The Hall–Kier alpha value is -2.17. The monoisotopic (exact) mass is 260 g/mol. The largest absolute Gasteiger partial charge is 0.449 e. The number of fused-ring (bicyclic) bond motifs is 1. The van der Waals surface area contributed by atoms with Gasteiger partial charge in [-0.05, 0) is 39.3 Å². The molecule has 5 nitrogen and oxygen atoms in total. The van der Waals surface area contributed by atoms with Crippen LogP contribution in [-0.2, 0) is 4.74 Å². The van der Waals surface area contributed by atoms with Crippen molar-refractivity contribution in [3.8, 4) is 0 Å². The molecule has 0 N–H and O–H groups in total. The van der Waals surface area contributed by atoms with Gasteiger partial charge in [-0.1, -0.05) is 0 Å². The molecule has 2 rings (SSSR count). The van der Waals surface area contributed by atoms with Crippen molar-refractivity contribution < 1.29 is 9.53 Å². The van der Waals surface area contributed by atoms with Crippen molar-refractivity contribution in [2.24, 2.45) is 0 Å². The number of carbonyl (C=O) groups excluding carboxylic acids is 1. The second kappa shape index (κ2) is 4.84. The lowest BCUT2D eigenvalue weighted by Gasteiger charge is -2.14. The van der Waals surface area contributed by atoms with Crippen LogP contribution in [0.3, 0.4) is 0 Å². The van der Waals surface area contributed by atoms with E-state index in [1.165, 1.54) is 4.57 Å². The first-order chi connectivity index (χ1) is 8.99. The quantitative estimate of drug-likeness (QED) is 0.789. The zero-order chi connectivity index (χ0) is 14.2. The molecule has 0 aliphatic rings. The van der Waals surface area contributed by atoms with Crippen molar-refractivity contribution in [1.29, 1.82) is 0 Å². The smallest absolute Gasteiger partial charge is 0.419 e. The van der Waals surface area contributed by atoms with Gasteiger partial charge in [-0.3, -0.25) is 4.79 Å². The number of hydrogen-bond acceptors (Lipinski definition) is 4. The Labute approximate surface area is 110 Å². The van der Waals surface area contributed by atoms with E-state index in [0.29, 0.717) is 22.3 Å². The molecular formula is C14H16N2O3. The SMILES string of the molecule is CCOC(=O)n1c(C)c(C)c(=O)c2c(C)ccnc21. The first kappa shape index (κ1) is 13.3. The third-order valence-electron chi connectivity index (χ3n) is 3.25. The fourth-order valence-corrected chi connectivity index (χ4v) is 2.08. The Morgan fingerprint density at radius 3 is 2.68 bits per heavy atom. The average molecular weight is 260 g/mol. The van der Waals surface area contributed by atoms with Crippen LogP contribution in [0, 0.1) is 20.8 Å². The molecule has 0 amide bonds. The summed E-state index contributed by atoms with van der Waals surface area (Å²) in [4.78, 5) is 28.5. The van der Waals surface area contributed by atoms with Gasteiger partial charge in [-0.2, -0.15) is 0 Å². The summed E-state index contributed by atoms with van der Waals surface area (Å²) in [6, 6.07) is 1.76. The standard InChI is InChI=1S/C14H16N2O3/c1-5-19-14(18)16-10(4)9(3)12(17)11-8(2)6-7-15-13(11)16/h6-7H,5H2,1-4H3. The molecule has 0 saturated carbocycles. The molecule has 2 aromatic heterocycles. The van der Waals surface area contributed by atoms with E-state index < -0.39 is 6.09 Å². The van der Waals surface area contributed by atoms with Gasteiger partial charge in [0, 0.05) is 17.5 Å². The first-order valence-corrected chi connectivity index (χ1v) is 6.13. The van der Waals surface area contributed by atoms with Gasteiger partial charge in [0.25, 0.3) is 0 Å². The molecule has 0 spiro atoms. The highest BCUT2D eigenvalue weighted by atomic mass is 16.5. The molecule has 0 fully saturated rings. The van der Waals surface area contributed by atoms with Crippen molar-refractivity contribution in [2.75, 3.05) is 6.61 Å². The van der Waals surface area contributed by atoms with Gasteiger partial charge >= 0.3 is 6.09 Å². The van der Waals surface area contributed by atoms with Gasteiger partial charge in [-0.25, -0.2) is 14.3 Å². The van der Waals surface area contributed by atoms with Crippen LogP contribution in [-0.4, -0.2) is 22.3 Å². The molecule has 0 saturated heterocycles. The summed E-state index contributed by atoms with van der Waals surface area (Å²) >= 11 is 0. The third kappa shape index (κ3) is 2.01. The van der Waals surface area contributed by atoms with Gasteiger partial charge in [0.1, 0.15) is 0 Å². The van der Waals surface area contributed by atoms with Crippen LogP contribution < -0.4 is 5.43 Å². The van der Waals surface area contributed by atoms with Crippen LogP contribution in [0.25, 0.3) is 11.0 Å². The fraction of sp³-hybridized carbons (Fsp3) is 0.357.